The molecule has 28 heavy (non-hydrogen) atoms. The third-order valence-electron chi connectivity index (χ3n) is 4.87. The van der Waals surface area contributed by atoms with E-state index in [2.05, 4.69) is 15.6 Å². The van der Waals surface area contributed by atoms with Gasteiger partial charge in [0.05, 0.1) is 5.57 Å². The number of nitrogens with one attached hydrogen (secondary N) is 4. The summed E-state index contributed by atoms with van der Waals surface area (Å²) in [5.74, 6) is -1.05. The molecule has 0 spiro atoms. The smallest absolute Gasteiger partial charge is 0.256 e. The first-order valence-corrected chi connectivity index (χ1v) is 9.05. The van der Waals surface area contributed by atoms with E-state index in [0.29, 0.717) is 36.3 Å². The topological polar surface area (TPSA) is 106 Å². The maximum absolute atomic E-state index is 13.6. The van der Waals surface area contributed by atoms with Gasteiger partial charge < -0.3 is 15.6 Å². The lowest BCUT2D eigenvalue weighted by atomic mass is 10.0. The molecule has 0 saturated heterocycles. The number of hydrogen-bond donors (Lipinski definition) is 5. The average molecular weight is 386 g/mol. The van der Waals surface area contributed by atoms with Gasteiger partial charge in [0.2, 0.25) is 5.91 Å². The highest BCUT2D eigenvalue weighted by Gasteiger charge is 2.25. The number of anilines is 1. The first-order chi connectivity index (χ1) is 13.4. The Hall–Kier alpha value is -2.97. The van der Waals surface area contributed by atoms with Crippen molar-refractivity contribution in [3.63, 3.8) is 0 Å². The minimum atomic E-state index is -0.406. The molecule has 148 valence electrons. The number of aromatic nitrogens is 1. The van der Waals surface area contributed by atoms with Gasteiger partial charge in [0, 0.05) is 35.6 Å². The van der Waals surface area contributed by atoms with Crippen molar-refractivity contribution < 1.29 is 19.2 Å². The number of rotatable bonds is 7. The fourth-order valence-corrected chi connectivity index (χ4v) is 3.32. The Kier molecular flexibility index (Phi) is 5.91. The Morgan fingerprint density at radius 1 is 1.32 bits per heavy atom. The number of fused-ring (bicyclic) bond motifs is 1. The van der Waals surface area contributed by atoms with E-state index in [4.69, 9.17) is 5.21 Å². The number of H-pyrrole nitrogens is 1. The maximum atomic E-state index is 13.6. The van der Waals surface area contributed by atoms with E-state index in [0.717, 1.165) is 22.5 Å². The molecule has 0 radical (unpaired) electrons. The predicted molar refractivity (Wildman–Crippen MR) is 104 cm³/mol. The SMILES string of the molecule is Cc1[nH]c(/C=C2\C(=O)Nc3ccc(F)cc32)c(C)c1CNCCCC(=O)NO. The average Bonchev–Trinajstić information content (AvgIpc) is 3.11. The quantitative estimate of drug-likeness (QED) is 0.218. The molecule has 0 atom stereocenters. The van der Waals surface area contributed by atoms with Gasteiger partial charge in [-0.25, -0.2) is 9.87 Å². The van der Waals surface area contributed by atoms with Gasteiger partial charge in [-0.05, 0) is 62.2 Å². The number of aromatic amines is 1. The number of amides is 2. The molecule has 2 amide bonds. The van der Waals surface area contributed by atoms with E-state index in [1.54, 1.807) is 17.6 Å². The Bertz CT molecular complexity index is 949. The van der Waals surface area contributed by atoms with Crippen LogP contribution in [-0.2, 0) is 16.1 Å². The molecule has 3 rings (SSSR count). The Labute approximate surface area is 162 Å². The molecule has 1 aliphatic heterocycles. The zero-order chi connectivity index (χ0) is 20.3. The van der Waals surface area contributed by atoms with Crippen molar-refractivity contribution in [2.24, 2.45) is 0 Å². The molecule has 0 aliphatic carbocycles. The lowest BCUT2D eigenvalue weighted by Crippen LogP contribution is -2.21. The summed E-state index contributed by atoms with van der Waals surface area (Å²) < 4.78 is 13.6. The third kappa shape index (κ3) is 4.13. The van der Waals surface area contributed by atoms with E-state index in [9.17, 15) is 14.0 Å². The molecule has 0 bridgehead atoms. The molecule has 2 heterocycles. The van der Waals surface area contributed by atoms with Crippen molar-refractivity contribution in [1.82, 2.24) is 15.8 Å². The minimum Gasteiger partial charge on any atom is -0.359 e. The summed E-state index contributed by atoms with van der Waals surface area (Å²) >= 11 is 0. The van der Waals surface area contributed by atoms with Crippen LogP contribution in [0.25, 0.3) is 11.6 Å². The van der Waals surface area contributed by atoms with Crippen LogP contribution < -0.4 is 16.1 Å². The summed E-state index contributed by atoms with van der Waals surface area (Å²) in [4.78, 5) is 26.6. The van der Waals surface area contributed by atoms with Crippen LogP contribution in [0.2, 0.25) is 0 Å². The molecular weight excluding hydrogens is 363 g/mol. The van der Waals surface area contributed by atoms with Crippen LogP contribution in [0.15, 0.2) is 18.2 Å². The molecule has 0 saturated carbocycles. The third-order valence-corrected chi connectivity index (χ3v) is 4.87. The second kappa shape index (κ2) is 8.37. The van der Waals surface area contributed by atoms with Crippen molar-refractivity contribution in [3.05, 3.63) is 52.1 Å². The normalized spacial score (nSPS) is 14.3. The lowest BCUT2D eigenvalue weighted by Gasteiger charge is -2.05. The predicted octanol–water partition coefficient (Wildman–Crippen LogP) is 2.64. The van der Waals surface area contributed by atoms with Gasteiger partial charge in [-0.3, -0.25) is 14.8 Å². The van der Waals surface area contributed by atoms with E-state index in [1.807, 2.05) is 13.8 Å². The second-order valence-corrected chi connectivity index (χ2v) is 6.78. The molecule has 5 N–H and O–H groups in total. The summed E-state index contributed by atoms with van der Waals surface area (Å²) in [5, 5.41) is 14.5. The van der Waals surface area contributed by atoms with Crippen LogP contribution in [-0.4, -0.2) is 28.6 Å². The van der Waals surface area contributed by atoms with Gasteiger partial charge in [0.15, 0.2) is 0 Å². The maximum Gasteiger partial charge on any atom is 0.256 e. The molecule has 0 fully saturated rings. The van der Waals surface area contributed by atoms with Crippen LogP contribution in [0.1, 0.15) is 40.9 Å². The fourth-order valence-electron chi connectivity index (χ4n) is 3.32. The summed E-state index contributed by atoms with van der Waals surface area (Å²) in [6, 6.07) is 4.23. The zero-order valence-electron chi connectivity index (χ0n) is 15.8. The summed E-state index contributed by atoms with van der Waals surface area (Å²) in [7, 11) is 0. The first-order valence-electron chi connectivity index (χ1n) is 9.05. The van der Waals surface area contributed by atoms with E-state index < -0.39 is 5.91 Å². The Balaban J connectivity index is 1.74. The Morgan fingerprint density at radius 3 is 2.86 bits per heavy atom. The number of carbonyl (C=O) groups is 2. The molecule has 8 heteroatoms. The van der Waals surface area contributed by atoms with Crippen LogP contribution >= 0.6 is 0 Å². The highest BCUT2D eigenvalue weighted by molar-refractivity contribution is 6.34. The molecule has 1 aromatic carbocycles. The van der Waals surface area contributed by atoms with Gasteiger partial charge >= 0.3 is 0 Å². The molecule has 1 aromatic heterocycles. The van der Waals surface area contributed by atoms with Crippen molar-refractivity contribution >= 4 is 29.2 Å². The van der Waals surface area contributed by atoms with E-state index >= 15 is 0 Å². The van der Waals surface area contributed by atoms with Crippen molar-refractivity contribution in [2.75, 3.05) is 11.9 Å². The first kappa shape index (κ1) is 19.8. The van der Waals surface area contributed by atoms with Gasteiger partial charge in [-0.2, -0.15) is 0 Å². The zero-order valence-corrected chi connectivity index (χ0v) is 15.8. The number of carbonyl (C=O) groups excluding carboxylic acids is 2. The molecule has 2 aromatic rings. The second-order valence-electron chi connectivity index (χ2n) is 6.78. The number of halogens is 1. The number of aryl methyl sites for hydroxylation is 1. The molecule has 7 nitrogen and oxygen atoms in total. The summed E-state index contributed by atoms with van der Waals surface area (Å²) in [6.45, 7) is 5.15. The summed E-state index contributed by atoms with van der Waals surface area (Å²) in [6.07, 6.45) is 2.60. The van der Waals surface area contributed by atoms with Gasteiger partial charge in [-0.15, -0.1) is 0 Å². The fraction of sp³-hybridized carbons (Fsp3) is 0.300. The Morgan fingerprint density at radius 2 is 2.11 bits per heavy atom. The van der Waals surface area contributed by atoms with Gasteiger partial charge in [0.25, 0.3) is 5.91 Å². The van der Waals surface area contributed by atoms with E-state index in [-0.39, 0.29) is 18.1 Å². The summed E-state index contributed by atoms with van der Waals surface area (Å²) in [5.41, 5.74) is 7.05. The molecule has 0 unspecified atom stereocenters. The van der Waals surface area contributed by atoms with Crippen molar-refractivity contribution in [3.8, 4) is 0 Å². The number of hydrogen-bond acceptors (Lipinski definition) is 4. The minimum absolute atomic E-state index is 0.247. The highest BCUT2D eigenvalue weighted by atomic mass is 19.1. The monoisotopic (exact) mass is 386 g/mol. The molecule has 1 aliphatic rings. The van der Waals surface area contributed by atoms with Gasteiger partial charge in [0.1, 0.15) is 5.82 Å². The van der Waals surface area contributed by atoms with Crippen LogP contribution in [0.5, 0.6) is 0 Å². The lowest BCUT2D eigenvalue weighted by molar-refractivity contribution is -0.129. The van der Waals surface area contributed by atoms with Crippen LogP contribution in [0.4, 0.5) is 10.1 Å². The highest BCUT2D eigenvalue weighted by Crippen LogP contribution is 2.34. The van der Waals surface area contributed by atoms with Crippen LogP contribution in [0, 0.1) is 19.7 Å². The van der Waals surface area contributed by atoms with Gasteiger partial charge in [-0.1, -0.05) is 0 Å². The van der Waals surface area contributed by atoms with Crippen molar-refractivity contribution in [1.29, 1.82) is 0 Å². The number of benzene rings is 1. The largest absolute Gasteiger partial charge is 0.359 e. The van der Waals surface area contributed by atoms with Crippen LogP contribution in [0.3, 0.4) is 0 Å². The standard InChI is InChI=1S/C20H23FN4O3/c1-11-16(10-22-7-3-4-19(26)25-28)12(2)23-18(11)9-15-14-8-13(21)5-6-17(14)24-20(15)27/h5-6,8-9,22-23,28H,3-4,7,10H2,1-2H3,(H,24,27)(H,25,26)/b15-9-. The van der Waals surface area contributed by atoms with E-state index in [1.165, 1.54) is 12.1 Å². The molecular formula is C20H23FN4O3. The van der Waals surface area contributed by atoms with Crippen molar-refractivity contribution in [2.45, 2.75) is 33.2 Å². The number of hydroxylamine groups is 1.